The van der Waals surface area contributed by atoms with Crippen molar-refractivity contribution in [3.8, 4) is 17.2 Å². The number of methoxy groups -OCH3 is 1. The first-order valence-electron chi connectivity index (χ1n) is 11.2. The molecule has 0 saturated heterocycles. The zero-order valence-electron chi connectivity index (χ0n) is 19.4. The first kappa shape index (κ1) is 22.5. The van der Waals surface area contributed by atoms with Gasteiger partial charge in [-0.2, -0.15) is 0 Å². The highest BCUT2D eigenvalue weighted by Crippen LogP contribution is 2.44. The molecule has 2 heterocycles. The zero-order chi connectivity index (χ0) is 24.9. The van der Waals surface area contributed by atoms with Crippen LogP contribution in [0, 0.1) is 25.7 Å². The molecule has 0 aliphatic carbocycles. The molecule has 3 aromatic carbocycles. The first-order valence-corrected chi connectivity index (χ1v) is 11.2. The van der Waals surface area contributed by atoms with E-state index in [-0.39, 0.29) is 22.6 Å². The van der Waals surface area contributed by atoms with Gasteiger partial charge >= 0.3 is 11.9 Å². The van der Waals surface area contributed by atoms with Gasteiger partial charge in [0.25, 0.3) is 0 Å². The van der Waals surface area contributed by atoms with Crippen molar-refractivity contribution >= 4 is 23.5 Å². The summed E-state index contributed by atoms with van der Waals surface area (Å²) in [6.45, 7) is 3.64. The van der Waals surface area contributed by atoms with Crippen molar-refractivity contribution in [3.63, 3.8) is 0 Å². The zero-order valence-corrected chi connectivity index (χ0v) is 19.4. The molecule has 2 aliphatic rings. The van der Waals surface area contributed by atoms with Gasteiger partial charge in [-0.25, -0.2) is 0 Å². The number of fused-ring (bicyclic) bond motifs is 2. The van der Waals surface area contributed by atoms with Crippen molar-refractivity contribution in [2.24, 2.45) is 11.8 Å². The summed E-state index contributed by atoms with van der Waals surface area (Å²) >= 11 is 0. The number of ketones is 2. The topological polar surface area (TPSA) is 96.0 Å². The lowest BCUT2D eigenvalue weighted by molar-refractivity contribution is -0.142. The number of Topliss-reactive ketones (excluding diaryl/α,β-unsaturated/α-hetero) is 2. The number of esters is 2. The molecule has 2 unspecified atom stereocenters. The Morgan fingerprint density at radius 3 is 1.57 bits per heavy atom. The fourth-order valence-electron chi connectivity index (χ4n) is 4.77. The number of hydrogen-bond donors (Lipinski definition) is 0. The number of carbonyl (C=O) groups excluding carboxylic acids is 4. The van der Waals surface area contributed by atoms with E-state index in [1.54, 1.807) is 60.7 Å². The Bertz CT molecular complexity index is 1300. The summed E-state index contributed by atoms with van der Waals surface area (Å²) in [6, 6.07) is 16.5. The van der Waals surface area contributed by atoms with Crippen molar-refractivity contribution in [2.45, 2.75) is 19.8 Å². The number of carbonyl (C=O) groups is 4. The molecule has 0 N–H and O–H groups in total. The third-order valence-electron chi connectivity index (χ3n) is 6.51. The minimum atomic E-state index is -1.41. The molecule has 0 radical (unpaired) electrons. The minimum Gasteiger partial charge on any atom is -0.497 e. The van der Waals surface area contributed by atoms with Crippen LogP contribution in [-0.4, -0.2) is 30.6 Å². The highest BCUT2D eigenvalue weighted by molar-refractivity contribution is 6.18. The monoisotopic (exact) mass is 470 g/mol. The highest BCUT2D eigenvalue weighted by atomic mass is 16.5. The molecule has 0 amide bonds. The van der Waals surface area contributed by atoms with E-state index < -0.39 is 41.3 Å². The van der Waals surface area contributed by atoms with Crippen LogP contribution in [0.5, 0.6) is 17.2 Å². The predicted octanol–water partition coefficient (Wildman–Crippen LogP) is 4.23. The average Bonchev–Trinajstić information content (AvgIpc) is 2.84. The van der Waals surface area contributed by atoms with Gasteiger partial charge in [0.15, 0.2) is 11.6 Å². The van der Waals surface area contributed by atoms with E-state index in [4.69, 9.17) is 14.2 Å². The maximum atomic E-state index is 13.7. The summed E-state index contributed by atoms with van der Waals surface area (Å²) in [4.78, 5) is 53.8. The predicted molar refractivity (Wildman–Crippen MR) is 125 cm³/mol. The Balaban J connectivity index is 1.67. The summed E-state index contributed by atoms with van der Waals surface area (Å²) in [5, 5.41) is 0. The summed E-state index contributed by atoms with van der Waals surface area (Å²) in [6.07, 6.45) is 0. The van der Waals surface area contributed by atoms with Gasteiger partial charge in [-0.1, -0.05) is 35.4 Å². The van der Waals surface area contributed by atoms with Gasteiger partial charge < -0.3 is 14.2 Å². The molecule has 7 nitrogen and oxygen atoms in total. The maximum absolute atomic E-state index is 13.7. The molecule has 35 heavy (non-hydrogen) atoms. The molecule has 2 aliphatic heterocycles. The van der Waals surface area contributed by atoms with E-state index in [2.05, 4.69) is 0 Å². The number of ether oxygens (including phenoxy) is 3. The Labute approximate surface area is 201 Å². The van der Waals surface area contributed by atoms with Gasteiger partial charge in [0.2, 0.25) is 0 Å². The van der Waals surface area contributed by atoms with Crippen LogP contribution >= 0.6 is 0 Å². The molecule has 0 saturated carbocycles. The van der Waals surface area contributed by atoms with Crippen LogP contribution in [0.25, 0.3) is 0 Å². The molecule has 0 fully saturated rings. The van der Waals surface area contributed by atoms with Crippen molar-refractivity contribution < 1.29 is 33.4 Å². The smallest absolute Gasteiger partial charge is 0.322 e. The molecular formula is C28H22O7. The standard InChI is InChI=1S/C28H22O7/c1-14-4-10-20-18(12-14)25(29)23(27(31)34-20)22(16-6-8-17(33-3)9-7-16)24-26(30)19-13-15(2)5-11-21(19)35-28(24)32/h4-13,22-24H,1-3H3. The molecular weight excluding hydrogens is 448 g/mol. The van der Waals surface area contributed by atoms with E-state index >= 15 is 0 Å². The van der Waals surface area contributed by atoms with Gasteiger partial charge in [-0.05, 0) is 55.8 Å². The lowest BCUT2D eigenvalue weighted by Crippen LogP contribution is -2.46. The second kappa shape index (κ2) is 8.51. The number of hydrogen-bond acceptors (Lipinski definition) is 7. The lowest BCUT2D eigenvalue weighted by Gasteiger charge is -2.34. The van der Waals surface area contributed by atoms with E-state index in [1.807, 2.05) is 13.8 Å². The Morgan fingerprint density at radius 2 is 1.14 bits per heavy atom. The second-order valence-electron chi connectivity index (χ2n) is 8.82. The van der Waals surface area contributed by atoms with Gasteiger partial charge in [0.05, 0.1) is 18.2 Å². The lowest BCUT2D eigenvalue weighted by atomic mass is 9.70. The highest BCUT2D eigenvalue weighted by Gasteiger charge is 2.52. The Morgan fingerprint density at radius 1 is 0.686 bits per heavy atom. The van der Waals surface area contributed by atoms with Crippen LogP contribution in [0.15, 0.2) is 60.7 Å². The number of benzene rings is 3. The van der Waals surface area contributed by atoms with Gasteiger partial charge in [0, 0.05) is 5.92 Å². The van der Waals surface area contributed by atoms with Crippen molar-refractivity contribution in [3.05, 3.63) is 88.5 Å². The quantitative estimate of drug-likeness (QED) is 0.320. The maximum Gasteiger partial charge on any atom is 0.322 e. The van der Waals surface area contributed by atoms with Crippen molar-refractivity contribution in [1.82, 2.24) is 0 Å². The molecule has 5 rings (SSSR count). The second-order valence-corrected chi connectivity index (χ2v) is 8.82. The molecule has 0 aromatic heterocycles. The van der Waals surface area contributed by atoms with Gasteiger partial charge in [-0.15, -0.1) is 0 Å². The largest absolute Gasteiger partial charge is 0.497 e. The Hall–Kier alpha value is -4.26. The van der Waals surface area contributed by atoms with Gasteiger partial charge in [0.1, 0.15) is 29.1 Å². The first-order chi connectivity index (χ1) is 16.8. The SMILES string of the molecule is COc1ccc(C(C2C(=O)Oc3ccc(C)cc3C2=O)C2C(=O)Oc3ccc(C)cc3C2=O)cc1. The molecule has 0 spiro atoms. The third-order valence-corrected chi connectivity index (χ3v) is 6.51. The summed E-state index contributed by atoms with van der Waals surface area (Å²) in [7, 11) is 1.51. The molecule has 0 bridgehead atoms. The fraction of sp³-hybridized carbons (Fsp3) is 0.214. The molecule has 2 atom stereocenters. The normalized spacial score (nSPS) is 19.9. The molecule has 176 valence electrons. The number of aryl methyl sites for hydroxylation is 2. The fourth-order valence-corrected chi connectivity index (χ4v) is 4.77. The van der Waals surface area contributed by atoms with Crippen LogP contribution in [-0.2, 0) is 9.59 Å². The van der Waals surface area contributed by atoms with E-state index in [0.717, 1.165) is 11.1 Å². The number of rotatable bonds is 4. The van der Waals surface area contributed by atoms with Gasteiger partial charge in [-0.3, -0.25) is 19.2 Å². The third kappa shape index (κ3) is 3.79. The van der Waals surface area contributed by atoms with E-state index in [1.165, 1.54) is 7.11 Å². The average molecular weight is 470 g/mol. The van der Waals surface area contributed by atoms with E-state index in [9.17, 15) is 19.2 Å². The van der Waals surface area contributed by atoms with Crippen LogP contribution in [0.2, 0.25) is 0 Å². The van der Waals surface area contributed by atoms with E-state index in [0.29, 0.717) is 11.3 Å². The summed E-state index contributed by atoms with van der Waals surface area (Å²) < 4.78 is 16.3. The molecule has 7 heteroatoms. The Kier molecular flexibility index (Phi) is 5.47. The minimum absolute atomic E-state index is 0.161. The molecule has 3 aromatic rings. The van der Waals surface area contributed by atoms with Crippen LogP contribution in [0.4, 0.5) is 0 Å². The van der Waals surface area contributed by atoms with Crippen molar-refractivity contribution in [2.75, 3.05) is 7.11 Å². The van der Waals surface area contributed by atoms with Crippen LogP contribution in [0.3, 0.4) is 0 Å². The van der Waals surface area contributed by atoms with Crippen LogP contribution in [0.1, 0.15) is 43.3 Å². The van der Waals surface area contributed by atoms with Crippen molar-refractivity contribution in [1.29, 1.82) is 0 Å². The summed E-state index contributed by atoms with van der Waals surface area (Å²) in [5.41, 5.74) is 2.55. The summed E-state index contributed by atoms with van der Waals surface area (Å²) in [5.74, 6) is -5.73. The van der Waals surface area contributed by atoms with Crippen LogP contribution < -0.4 is 14.2 Å².